The highest BCUT2D eigenvalue weighted by Crippen LogP contribution is 1.93. The standard InChI is InChI=1S/C8H17O2/c1-3-4-5-6-10-8-7-9-2/h1,3-8H2,2H3. The predicted octanol–water partition coefficient (Wildman–Crippen LogP) is 1.65. The molecular weight excluding hydrogens is 128 g/mol. The van der Waals surface area contributed by atoms with E-state index in [9.17, 15) is 0 Å². The maximum absolute atomic E-state index is 5.22. The van der Waals surface area contributed by atoms with Gasteiger partial charge in [0.15, 0.2) is 0 Å². The van der Waals surface area contributed by atoms with Crippen molar-refractivity contribution in [1.82, 2.24) is 0 Å². The van der Waals surface area contributed by atoms with Crippen molar-refractivity contribution in [3.8, 4) is 0 Å². The molecule has 0 aromatic rings. The summed E-state index contributed by atoms with van der Waals surface area (Å²) < 4.78 is 10.0. The Morgan fingerprint density at radius 1 is 1.10 bits per heavy atom. The number of ether oxygens (including phenoxy) is 2. The van der Waals surface area contributed by atoms with Gasteiger partial charge in [-0.15, -0.1) is 0 Å². The minimum atomic E-state index is 0.699. The largest absolute Gasteiger partial charge is 0.382 e. The van der Waals surface area contributed by atoms with Crippen LogP contribution in [0.3, 0.4) is 0 Å². The molecule has 0 rings (SSSR count). The average Bonchev–Trinajstić information content (AvgIpc) is 1.97. The fourth-order valence-corrected chi connectivity index (χ4v) is 0.625. The molecule has 0 saturated carbocycles. The first kappa shape index (κ1) is 9.92. The lowest BCUT2D eigenvalue weighted by atomic mass is 10.3. The highest BCUT2D eigenvalue weighted by atomic mass is 16.5. The van der Waals surface area contributed by atoms with Gasteiger partial charge in [-0.25, -0.2) is 0 Å². The Morgan fingerprint density at radius 2 is 1.90 bits per heavy atom. The van der Waals surface area contributed by atoms with E-state index in [4.69, 9.17) is 9.47 Å². The van der Waals surface area contributed by atoms with Crippen molar-refractivity contribution < 1.29 is 9.47 Å². The molecule has 10 heavy (non-hydrogen) atoms. The molecular formula is C8H17O2. The van der Waals surface area contributed by atoms with Gasteiger partial charge in [0.2, 0.25) is 0 Å². The van der Waals surface area contributed by atoms with E-state index in [2.05, 4.69) is 6.92 Å². The molecule has 0 aliphatic heterocycles. The molecule has 2 nitrogen and oxygen atoms in total. The molecule has 1 radical (unpaired) electrons. The van der Waals surface area contributed by atoms with Crippen LogP contribution in [0.25, 0.3) is 0 Å². The lowest BCUT2D eigenvalue weighted by Gasteiger charge is -2.01. The fraction of sp³-hybridized carbons (Fsp3) is 0.875. The molecule has 0 unspecified atom stereocenters. The fourth-order valence-electron chi connectivity index (χ4n) is 0.625. The molecule has 0 aromatic carbocycles. The van der Waals surface area contributed by atoms with E-state index in [1.165, 1.54) is 0 Å². The summed E-state index contributed by atoms with van der Waals surface area (Å²) in [5.41, 5.74) is 0. The zero-order valence-electron chi connectivity index (χ0n) is 6.77. The van der Waals surface area contributed by atoms with Crippen LogP contribution in [-0.4, -0.2) is 26.9 Å². The molecule has 0 fully saturated rings. The predicted molar refractivity (Wildman–Crippen MR) is 41.9 cm³/mol. The van der Waals surface area contributed by atoms with Crippen LogP contribution in [0.4, 0.5) is 0 Å². The van der Waals surface area contributed by atoms with Gasteiger partial charge in [0.05, 0.1) is 13.2 Å². The molecule has 0 saturated heterocycles. The summed E-state index contributed by atoms with van der Waals surface area (Å²) in [5.74, 6) is 0. The normalized spacial score (nSPS) is 10.2. The van der Waals surface area contributed by atoms with Gasteiger partial charge in [-0.2, -0.15) is 0 Å². The topological polar surface area (TPSA) is 18.5 Å². The van der Waals surface area contributed by atoms with Crippen molar-refractivity contribution in [3.63, 3.8) is 0 Å². The van der Waals surface area contributed by atoms with Gasteiger partial charge in [0.1, 0.15) is 0 Å². The maximum atomic E-state index is 5.22. The second-order valence-corrected chi connectivity index (χ2v) is 2.17. The van der Waals surface area contributed by atoms with Crippen LogP contribution < -0.4 is 0 Å². The summed E-state index contributed by atoms with van der Waals surface area (Å²) in [6, 6.07) is 0. The van der Waals surface area contributed by atoms with Crippen LogP contribution in [0, 0.1) is 6.92 Å². The molecule has 0 spiro atoms. The summed E-state index contributed by atoms with van der Waals surface area (Å²) in [5, 5.41) is 0. The molecule has 2 heteroatoms. The molecule has 0 heterocycles. The lowest BCUT2D eigenvalue weighted by molar-refractivity contribution is 0.0689. The lowest BCUT2D eigenvalue weighted by Crippen LogP contribution is -2.02. The van der Waals surface area contributed by atoms with Crippen molar-refractivity contribution >= 4 is 0 Å². The van der Waals surface area contributed by atoms with Crippen molar-refractivity contribution in [2.24, 2.45) is 0 Å². The minimum Gasteiger partial charge on any atom is -0.382 e. The molecule has 0 bridgehead atoms. The van der Waals surface area contributed by atoms with Gasteiger partial charge in [0, 0.05) is 13.7 Å². The van der Waals surface area contributed by atoms with Crippen LogP contribution >= 0.6 is 0 Å². The molecule has 0 N–H and O–H groups in total. The second kappa shape index (κ2) is 8.92. The smallest absolute Gasteiger partial charge is 0.0700 e. The van der Waals surface area contributed by atoms with E-state index in [-0.39, 0.29) is 0 Å². The first-order valence-electron chi connectivity index (χ1n) is 3.77. The third kappa shape index (κ3) is 7.92. The van der Waals surface area contributed by atoms with Gasteiger partial charge in [-0.1, -0.05) is 19.8 Å². The summed E-state index contributed by atoms with van der Waals surface area (Å²) in [6.07, 6.45) is 3.29. The van der Waals surface area contributed by atoms with Crippen LogP contribution in [0.2, 0.25) is 0 Å². The summed E-state index contributed by atoms with van der Waals surface area (Å²) >= 11 is 0. The zero-order chi connectivity index (χ0) is 7.66. The SMILES string of the molecule is [CH2]CCCCOCCOC. The van der Waals surface area contributed by atoms with E-state index in [1.807, 2.05) is 0 Å². The van der Waals surface area contributed by atoms with E-state index in [0.29, 0.717) is 13.2 Å². The van der Waals surface area contributed by atoms with E-state index >= 15 is 0 Å². The van der Waals surface area contributed by atoms with E-state index < -0.39 is 0 Å². The molecule has 0 aliphatic carbocycles. The van der Waals surface area contributed by atoms with Gasteiger partial charge in [-0.3, -0.25) is 0 Å². The summed E-state index contributed by atoms with van der Waals surface area (Å²) in [4.78, 5) is 0. The minimum absolute atomic E-state index is 0.699. The monoisotopic (exact) mass is 145 g/mol. The highest BCUT2D eigenvalue weighted by molar-refractivity contribution is 4.41. The van der Waals surface area contributed by atoms with Crippen LogP contribution in [-0.2, 0) is 9.47 Å². The Hall–Kier alpha value is -0.0800. The number of hydrogen-bond donors (Lipinski definition) is 0. The Labute approximate surface area is 63.5 Å². The summed E-state index contributed by atoms with van der Waals surface area (Å²) in [7, 11) is 1.68. The highest BCUT2D eigenvalue weighted by Gasteiger charge is 1.86. The number of hydrogen-bond acceptors (Lipinski definition) is 2. The number of rotatable bonds is 7. The van der Waals surface area contributed by atoms with Crippen molar-refractivity contribution in [3.05, 3.63) is 6.92 Å². The maximum Gasteiger partial charge on any atom is 0.0700 e. The molecule has 0 aromatic heterocycles. The van der Waals surface area contributed by atoms with E-state index in [0.717, 1.165) is 25.9 Å². The Bertz CT molecular complexity index is 47.2. The molecule has 0 amide bonds. The average molecular weight is 145 g/mol. The van der Waals surface area contributed by atoms with Gasteiger partial charge >= 0.3 is 0 Å². The Balaban J connectivity index is 2.65. The first-order chi connectivity index (χ1) is 4.91. The van der Waals surface area contributed by atoms with Crippen LogP contribution in [0.1, 0.15) is 19.3 Å². The van der Waals surface area contributed by atoms with Crippen molar-refractivity contribution in [1.29, 1.82) is 0 Å². The first-order valence-corrected chi connectivity index (χ1v) is 3.77. The number of methoxy groups -OCH3 is 1. The summed E-state index contributed by atoms with van der Waals surface area (Å²) in [6.45, 7) is 6.00. The third-order valence-corrected chi connectivity index (χ3v) is 1.22. The van der Waals surface area contributed by atoms with Gasteiger partial charge in [-0.05, 0) is 6.42 Å². The van der Waals surface area contributed by atoms with Gasteiger partial charge in [0.25, 0.3) is 0 Å². The Morgan fingerprint density at radius 3 is 2.50 bits per heavy atom. The van der Waals surface area contributed by atoms with E-state index in [1.54, 1.807) is 7.11 Å². The zero-order valence-corrected chi connectivity index (χ0v) is 6.77. The quantitative estimate of drug-likeness (QED) is 0.507. The molecule has 0 atom stereocenters. The third-order valence-electron chi connectivity index (χ3n) is 1.22. The van der Waals surface area contributed by atoms with Crippen LogP contribution in [0.5, 0.6) is 0 Å². The molecule has 61 valence electrons. The van der Waals surface area contributed by atoms with Gasteiger partial charge < -0.3 is 9.47 Å². The van der Waals surface area contributed by atoms with Crippen molar-refractivity contribution in [2.75, 3.05) is 26.9 Å². The van der Waals surface area contributed by atoms with Crippen molar-refractivity contribution in [2.45, 2.75) is 19.3 Å². The van der Waals surface area contributed by atoms with Crippen LogP contribution in [0.15, 0.2) is 0 Å². The second-order valence-electron chi connectivity index (χ2n) is 2.17. The Kier molecular flexibility index (Phi) is 8.85. The molecule has 0 aliphatic rings. The number of unbranched alkanes of at least 4 members (excludes halogenated alkanes) is 2.